The van der Waals surface area contributed by atoms with Crippen molar-refractivity contribution in [2.45, 2.75) is 51.7 Å². The second kappa shape index (κ2) is 8.29. The van der Waals surface area contributed by atoms with Gasteiger partial charge in [0.1, 0.15) is 12.1 Å². The van der Waals surface area contributed by atoms with Crippen molar-refractivity contribution in [3.8, 4) is 17.0 Å². The third-order valence-corrected chi connectivity index (χ3v) is 4.78. The first-order chi connectivity index (χ1) is 12.6. The molecular weight excluding hydrogens is 340 g/mol. The lowest BCUT2D eigenvalue weighted by Gasteiger charge is -2.33. The van der Waals surface area contributed by atoms with Crippen molar-refractivity contribution in [1.29, 1.82) is 0 Å². The monoisotopic (exact) mass is 363 g/mol. The van der Waals surface area contributed by atoms with E-state index in [1.807, 2.05) is 11.8 Å². The fraction of sp³-hybridized carbons (Fsp3) is 0.474. The van der Waals surface area contributed by atoms with Crippen LogP contribution in [0.5, 0.6) is 5.75 Å². The summed E-state index contributed by atoms with van der Waals surface area (Å²) in [4.78, 5) is 19.0. The highest BCUT2D eigenvalue weighted by Gasteiger charge is 2.25. The van der Waals surface area contributed by atoms with E-state index in [1.165, 1.54) is 29.4 Å². The van der Waals surface area contributed by atoms with Crippen LogP contribution < -0.4 is 4.74 Å². The number of ether oxygens (including phenoxy) is 1. The van der Waals surface area contributed by atoms with Crippen molar-refractivity contribution in [1.82, 2.24) is 14.5 Å². The minimum Gasteiger partial charge on any atom is -0.435 e. The molecule has 1 heterocycles. The van der Waals surface area contributed by atoms with E-state index in [0.717, 1.165) is 31.2 Å². The van der Waals surface area contributed by atoms with Crippen molar-refractivity contribution >= 4 is 6.03 Å². The van der Waals surface area contributed by atoms with Gasteiger partial charge in [0.05, 0.1) is 5.69 Å². The van der Waals surface area contributed by atoms with Gasteiger partial charge in [0.15, 0.2) is 0 Å². The molecule has 26 heavy (non-hydrogen) atoms. The Hall–Kier alpha value is -2.44. The van der Waals surface area contributed by atoms with Gasteiger partial charge in [0.25, 0.3) is 0 Å². The molecule has 2 aromatic rings. The zero-order valence-electron chi connectivity index (χ0n) is 14.8. The van der Waals surface area contributed by atoms with Gasteiger partial charge in [-0.15, -0.1) is 0 Å². The Balaban J connectivity index is 1.72. The highest BCUT2D eigenvalue weighted by molar-refractivity contribution is 5.78. The van der Waals surface area contributed by atoms with Crippen LogP contribution in [0.3, 0.4) is 0 Å². The summed E-state index contributed by atoms with van der Waals surface area (Å²) in [5, 5.41) is 0. The number of rotatable bonds is 5. The molecule has 1 aromatic heterocycles. The first-order valence-electron chi connectivity index (χ1n) is 8.98. The molecule has 0 saturated heterocycles. The summed E-state index contributed by atoms with van der Waals surface area (Å²) in [6.07, 6.45) is 8.85. The molecule has 0 N–H and O–H groups in total. The Morgan fingerprint density at radius 3 is 2.58 bits per heavy atom. The Morgan fingerprint density at radius 1 is 1.27 bits per heavy atom. The van der Waals surface area contributed by atoms with E-state index in [9.17, 15) is 13.6 Å². The van der Waals surface area contributed by atoms with Crippen LogP contribution in [-0.4, -0.2) is 39.7 Å². The van der Waals surface area contributed by atoms with Crippen LogP contribution in [-0.2, 0) is 0 Å². The van der Waals surface area contributed by atoms with Crippen LogP contribution in [0.2, 0.25) is 0 Å². The number of carbonyl (C=O) groups excluding carboxylic acids is 1. The van der Waals surface area contributed by atoms with Gasteiger partial charge in [-0.3, -0.25) is 4.57 Å². The maximum atomic E-state index is 12.8. The van der Waals surface area contributed by atoms with Crippen molar-refractivity contribution < 1.29 is 18.3 Å². The number of nitrogens with zero attached hydrogens (tertiary/aromatic N) is 3. The fourth-order valence-electron chi connectivity index (χ4n) is 3.47. The van der Waals surface area contributed by atoms with E-state index in [2.05, 4.69) is 9.72 Å². The summed E-state index contributed by atoms with van der Waals surface area (Å²) in [5.41, 5.74) is 1.35. The summed E-state index contributed by atoms with van der Waals surface area (Å²) in [6, 6.07) is 6.43. The van der Waals surface area contributed by atoms with Gasteiger partial charge in [-0.25, -0.2) is 9.78 Å². The maximum absolute atomic E-state index is 12.8. The second-order valence-electron chi connectivity index (χ2n) is 6.43. The second-order valence-corrected chi connectivity index (χ2v) is 6.43. The minimum atomic E-state index is -2.85. The van der Waals surface area contributed by atoms with E-state index < -0.39 is 6.61 Å². The Morgan fingerprint density at radius 2 is 1.96 bits per heavy atom. The van der Waals surface area contributed by atoms with Gasteiger partial charge < -0.3 is 9.64 Å². The smallest absolute Gasteiger partial charge is 0.387 e. The maximum Gasteiger partial charge on any atom is 0.387 e. The number of hydrogen-bond acceptors (Lipinski definition) is 3. The zero-order valence-corrected chi connectivity index (χ0v) is 14.8. The molecule has 0 aliphatic heterocycles. The first kappa shape index (κ1) is 18.4. The molecular formula is C19H23F2N3O2. The van der Waals surface area contributed by atoms with Crippen LogP contribution in [0.25, 0.3) is 11.3 Å². The van der Waals surface area contributed by atoms with E-state index >= 15 is 0 Å². The normalized spacial score (nSPS) is 15.2. The zero-order chi connectivity index (χ0) is 18.5. The van der Waals surface area contributed by atoms with Gasteiger partial charge in [-0.1, -0.05) is 19.3 Å². The van der Waals surface area contributed by atoms with Gasteiger partial charge in [0, 0.05) is 24.3 Å². The summed E-state index contributed by atoms with van der Waals surface area (Å²) >= 11 is 0. The number of alkyl halides is 2. The predicted molar refractivity (Wildman–Crippen MR) is 94.3 cm³/mol. The van der Waals surface area contributed by atoms with E-state index in [1.54, 1.807) is 18.3 Å². The average molecular weight is 363 g/mol. The molecule has 7 heteroatoms. The summed E-state index contributed by atoms with van der Waals surface area (Å²) in [6.45, 7) is -0.194. The molecule has 0 bridgehead atoms. The number of aromatic nitrogens is 2. The molecule has 1 amide bonds. The van der Waals surface area contributed by atoms with E-state index in [-0.39, 0.29) is 17.8 Å². The molecule has 0 radical (unpaired) electrons. The Bertz CT molecular complexity index is 725. The molecule has 0 unspecified atom stereocenters. The predicted octanol–water partition coefficient (Wildman–Crippen LogP) is 4.77. The van der Waals surface area contributed by atoms with E-state index in [0.29, 0.717) is 12.2 Å². The van der Waals surface area contributed by atoms with Crippen molar-refractivity contribution in [2.24, 2.45) is 0 Å². The topological polar surface area (TPSA) is 47.4 Å². The van der Waals surface area contributed by atoms with Crippen molar-refractivity contribution in [2.75, 3.05) is 6.54 Å². The minimum absolute atomic E-state index is 0.0733. The number of carbonyl (C=O) groups is 1. The lowest BCUT2D eigenvalue weighted by Crippen LogP contribution is -2.43. The van der Waals surface area contributed by atoms with Gasteiger partial charge >= 0.3 is 12.6 Å². The molecule has 1 aliphatic carbocycles. The van der Waals surface area contributed by atoms with Crippen molar-refractivity contribution in [3.05, 3.63) is 36.8 Å². The average Bonchev–Trinajstić information content (AvgIpc) is 3.13. The molecule has 140 valence electrons. The number of amides is 1. The summed E-state index contributed by atoms with van der Waals surface area (Å²) in [5.74, 6) is 0.0914. The van der Waals surface area contributed by atoms with Crippen LogP contribution in [0, 0.1) is 0 Å². The van der Waals surface area contributed by atoms with Crippen LogP contribution >= 0.6 is 0 Å². The van der Waals surface area contributed by atoms with Gasteiger partial charge in [0.2, 0.25) is 0 Å². The molecule has 1 aromatic carbocycles. The highest BCUT2D eigenvalue weighted by Crippen LogP contribution is 2.25. The Kier molecular flexibility index (Phi) is 5.85. The van der Waals surface area contributed by atoms with Gasteiger partial charge in [-0.2, -0.15) is 8.78 Å². The summed E-state index contributed by atoms with van der Waals surface area (Å²) < 4.78 is 30.3. The number of imidazole rings is 1. The number of halogens is 2. The van der Waals surface area contributed by atoms with Gasteiger partial charge in [-0.05, 0) is 44.0 Å². The standard InChI is InChI=1S/C19H23F2N3O2/c1-2-24(15-6-4-3-5-7-15)19(25)23-12-17(22-13-23)14-8-10-16(11-9-14)26-18(20)21/h8-13,15,18H,2-7H2,1H3. The largest absolute Gasteiger partial charge is 0.435 e. The molecule has 1 saturated carbocycles. The molecule has 1 fully saturated rings. The Labute approximate surface area is 151 Å². The summed E-state index contributed by atoms with van der Waals surface area (Å²) in [7, 11) is 0. The highest BCUT2D eigenvalue weighted by atomic mass is 19.3. The molecule has 3 rings (SSSR count). The first-order valence-corrected chi connectivity index (χ1v) is 8.98. The van der Waals surface area contributed by atoms with Crippen LogP contribution in [0.15, 0.2) is 36.8 Å². The molecule has 0 atom stereocenters. The molecule has 0 spiro atoms. The third-order valence-electron chi connectivity index (χ3n) is 4.78. The van der Waals surface area contributed by atoms with E-state index in [4.69, 9.17) is 0 Å². The van der Waals surface area contributed by atoms with Crippen molar-refractivity contribution in [3.63, 3.8) is 0 Å². The lowest BCUT2D eigenvalue weighted by atomic mass is 9.94. The molecule has 1 aliphatic rings. The molecule has 5 nitrogen and oxygen atoms in total. The fourth-order valence-corrected chi connectivity index (χ4v) is 3.47. The van der Waals surface area contributed by atoms with Crippen LogP contribution in [0.4, 0.5) is 13.6 Å². The van der Waals surface area contributed by atoms with Crippen LogP contribution in [0.1, 0.15) is 39.0 Å². The third kappa shape index (κ3) is 4.20. The number of hydrogen-bond donors (Lipinski definition) is 0. The lowest BCUT2D eigenvalue weighted by molar-refractivity contribution is -0.0498. The number of benzene rings is 1. The SMILES string of the molecule is CCN(C(=O)n1cnc(-c2ccc(OC(F)F)cc2)c1)C1CCCCC1. The quantitative estimate of drug-likeness (QED) is 0.768.